The number of anilines is 3. The lowest BCUT2D eigenvalue weighted by Crippen LogP contribution is -2.27. The average Bonchev–Trinajstić information content (AvgIpc) is 3.15. The summed E-state index contributed by atoms with van der Waals surface area (Å²) in [6.45, 7) is 0. The van der Waals surface area contributed by atoms with Crippen LogP contribution in [0.2, 0.25) is 0 Å². The van der Waals surface area contributed by atoms with Crippen molar-refractivity contribution < 1.29 is 14.0 Å². The summed E-state index contributed by atoms with van der Waals surface area (Å²) >= 11 is 1.55. The van der Waals surface area contributed by atoms with Gasteiger partial charge >= 0.3 is 0 Å². The third kappa shape index (κ3) is 4.56. The maximum atomic E-state index is 13.4. The largest absolute Gasteiger partial charge is 0.378 e. The molecule has 158 valence electrons. The van der Waals surface area contributed by atoms with E-state index in [0.717, 1.165) is 16.9 Å². The molecule has 3 aromatic rings. The van der Waals surface area contributed by atoms with E-state index in [4.69, 9.17) is 0 Å². The molecule has 0 unspecified atom stereocenters. The van der Waals surface area contributed by atoms with Crippen LogP contribution in [0.4, 0.5) is 21.5 Å². The SMILES string of the molecule is CN(C)c1ccc(N2C(=O)CS[C@@H]2c2cccc(NC(=O)c3cccc(F)c3)c2)cc1. The molecule has 0 saturated carbocycles. The molecule has 4 rings (SSSR count). The quantitative estimate of drug-likeness (QED) is 0.618. The molecule has 2 amide bonds. The summed E-state index contributed by atoms with van der Waals surface area (Å²) in [5.74, 6) is -0.414. The molecule has 1 aliphatic rings. The monoisotopic (exact) mass is 435 g/mol. The van der Waals surface area contributed by atoms with Gasteiger partial charge in [0.05, 0.1) is 5.75 Å². The molecule has 0 aromatic heterocycles. The van der Waals surface area contributed by atoms with Gasteiger partial charge in [-0.15, -0.1) is 11.8 Å². The fraction of sp³-hybridized carbons (Fsp3) is 0.167. The Morgan fingerprint density at radius 3 is 2.52 bits per heavy atom. The smallest absolute Gasteiger partial charge is 0.255 e. The van der Waals surface area contributed by atoms with Crippen molar-refractivity contribution in [3.8, 4) is 0 Å². The Hall–Kier alpha value is -3.32. The van der Waals surface area contributed by atoms with E-state index in [-0.39, 0.29) is 22.8 Å². The highest BCUT2D eigenvalue weighted by Gasteiger charge is 2.34. The van der Waals surface area contributed by atoms with E-state index in [2.05, 4.69) is 5.32 Å². The topological polar surface area (TPSA) is 52.6 Å². The maximum Gasteiger partial charge on any atom is 0.255 e. The normalized spacial score (nSPS) is 15.8. The van der Waals surface area contributed by atoms with E-state index in [9.17, 15) is 14.0 Å². The molecule has 1 aliphatic heterocycles. The minimum Gasteiger partial charge on any atom is -0.378 e. The van der Waals surface area contributed by atoms with Crippen LogP contribution in [0.3, 0.4) is 0 Å². The number of thioether (sulfide) groups is 1. The van der Waals surface area contributed by atoms with Gasteiger partial charge in [-0.05, 0) is 60.2 Å². The van der Waals surface area contributed by atoms with E-state index >= 15 is 0 Å². The number of nitrogens with one attached hydrogen (secondary N) is 1. The molecule has 31 heavy (non-hydrogen) atoms. The van der Waals surface area contributed by atoms with Gasteiger partial charge in [0.25, 0.3) is 5.91 Å². The fourth-order valence-electron chi connectivity index (χ4n) is 3.46. The van der Waals surface area contributed by atoms with Crippen LogP contribution >= 0.6 is 11.8 Å². The number of amides is 2. The molecule has 1 heterocycles. The number of halogens is 1. The molecule has 1 N–H and O–H groups in total. The van der Waals surface area contributed by atoms with E-state index in [0.29, 0.717) is 11.4 Å². The van der Waals surface area contributed by atoms with Crippen LogP contribution < -0.4 is 15.1 Å². The van der Waals surface area contributed by atoms with Crippen molar-refractivity contribution >= 4 is 40.6 Å². The Morgan fingerprint density at radius 1 is 1.06 bits per heavy atom. The highest BCUT2D eigenvalue weighted by Crippen LogP contribution is 2.42. The molecule has 7 heteroatoms. The highest BCUT2D eigenvalue weighted by molar-refractivity contribution is 8.00. The summed E-state index contributed by atoms with van der Waals surface area (Å²) in [5.41, 5.74) is 3.64. The Morgan fingerprint density at radius 2 is 1.81 bits per heavy atom. The molecular formula is C24H22FN3O2S. The van der Waals surface area contributed by atoms with E-state index < -0.39 is 5.82 Å². The molecule has 1 saturated heterocycles. The van der Waals surface area contributed by atoms with E-state index in [1.165, 1.54) is 18.2 Å². The van der Waals surface area contributed by atoms with Crippen molar-refractivity contribution in [3.05, 3.63) is 89.7 Å². The summed E-state index contributed by atoms with van der Waals surface area (Å²) in [4.78, 5) is 28.9. The number of nitrogens with zero attached hydrogens (tertiary/aromatic N) is 2. The van der Waals surface area contributed by atoms with Gasteiger partial charge in [0.2, 0.25) is 5.91 Å². The standard InChI is InChI=1S/C24H22FN3O2S/c1-27(2)20-9-11-21(12-10-20)28-22(29)15-31-24(28)17-6-4-8-19(14-17)26-23(30)16-5-3-7-18(25)13-16/h3-14,24H,15H2,1-2H3,(H,26,30)/t24-/m1/s1. The van der Waals surface area contributed by atoms with Crippen LogP contribution in [0.25, 0.3) is 0 Å². The number of carbonyl (C=O) groups excluding carboxylic acids is 2. The van der Waals surface area contributed by atoms with Gasteiger partial charge in [-0.1, -0.05) is 18.2 Å². The second-order valence-electron chi connectivity index (χ2n) is 7.43. The number of hydrogen-bond donors (Lipinski definition) is 1. The number of hydrogen-bond acceptors (Lipinski definition) is 4. The molecule has 5 nitrogen and oxygen atoms in total. The van der Waals surface area contributed by atoms with Gasteiger partial charge in [-0.3, -0.25) is 14.5 Å². The van der Waals surface area contributed by atoms with E-state index in [1.807, 2.05) is 61.5 Å². The highest BCUT2D eigenvalue weighted by atomic mass is 32.2. The molecule has 1 fully saturated rings. The summed E-state index contributed by atoms with van der Waals surface area (Å²) in [5, 5.41) is 2.62. The zero-order valence-corrected chi connectivity index (χ0v) is 18.0. The van der Waals surface area contributed by atoms with Crippen molar-refractivity contribution in [1.29, 1.82) is 0 Å². The van der Waals surface area contributed by atoms with Crippen LogP contribution in [0.5, 0.6) is 0 Å². The molecule has 0 bridgehead atoms. The van der Waals surface area contributed by atoms with E-state index in [1.54, 1.807) is 28.8 Å². The predicted octanol–water partition coefficient (Wildman–Crippen LogP) is 4.92. The molecular weight excluding hydrogens is 413 g/mol. The molecule has 1 atom stereocenters. The predicted molar refractivity (Wildman–Crippen MR) is 124 cm³/mol. The van der Waals surface area contributed by atoms with Crippen molar-refractivity contribution in [2.75, 3.05) is 35.0 Å². The Bertz CT molecular complexity index is 1120. The fourth-order valence-corrected chi connectivity index (χ4v) is 4.63. The van der Waals surface area contributed by atoms with Gasteiger partial charge in [-0.25, -0.2) is 4.39 Å². The summed E-state index contributed by atoms with van der Waals surface area (Å²) in [6.07, 6.45) is 0. The molecule has 0 aliphatic carbocycles. The molecule has 0 spiro atoms. The number of benzene rings is 3. The maximum absolute atomic E-state index is 13.4. The summed E-state index contributed by atoms with van der Waals surface area (Å²) in [7, 11) is 3.94. The average molecular weight is 436 g/mol. The zero-order chi connectivity index (χ0) is 22.0. The first-order valence-electron chi connectivity index (χ1n) is 9.80. The first-order chi connectivity index (χ1) is 14.9. The minimum absolute atomic E-state index is 0.0433. The van der Waals surface area contributed by atoms with Gasteiger partial charge in [-0.2, -0.15) is 0 Å². The van der Waals surface area contributed by atoms with Crippen LogP contribution in [0.1, 0.15) is 21.3 Å². The zero-order valence-electron chi connectivity index (χ0n) is 17.2. The summed E-state index contributed by atoms with van der Waals surface area (Å²) < 4.78 is 13.4. The Balaban J connectivity index is 1.57. The van der Waals surface area contributed by atoms with Crippen molar-refractivity contribution in [1.82, 2.24) is 0 Å². The van der Waals surface area contributed by atoms with Gasteiger partial charge in [0.1, 0.15) is 11.2 Å². The van der Waals surface area contributed by atoms with Crippen molar-refractivity contribution in [2.24, 2.45) is 0 Å². The third-order valence-electron chi connectivity index (χ3n) is 5.03. The number of carbonyl (C=O) groups is 2. The third-order valence-corrected chi connectivity index (χ3v) is 6.24. The second-order valence-corrected chi connectivity index (χ2v) is 8.50. The van der Waals surface area contributed by atoms with Crippen LogP contribution in [0.15, 0.2) is 72.8 Å². The van der Waals surface area contributed by atoms with Gasteiger partial charge < -0.3 is 10.2 Å². The van der Waals surface area contributed by atoms with Crippen LogP contribution in [0, 0.1) is 5.82 Å². The lowest BCUT2D eigenvalue weighted by atomic mass is 10.1. The first-order valence-corrected chi connectivity index (χ1v) is 10.9. The van der Waals surface area contributed by atoms with Crippen molar-refractivity contribution in [3.63, 3.8) is 0 Å². The Labute approximate surface area is 184 Å². The Kier molecular flexibility index (Phi) is 5.95. The van der Waals surface area contributed by atoms with Crippen LogP contribution in [-0.2, 0) is 4.79 Å². The molecule has 3 aromatic carbocycles. The first kappa shape index (κ1) is 20.9. The lowest BCUT2D eigenvalue weighted by Gasteiger charge is -2.25. The van der Waals surface area contributed by atoms with Gasteiger partial charge in [0, 0.05) is 36.7 Å². The summed E-state index contributed by atoms with van der Waals surface area (Å²) in [6, 6.07) is 20.8. The lowest BCUT2D eigenvalue weighted by molar-refractivity contribution is -0.115. The van der Waals surface area contributed by atoms with Gasteiger partial charge in [0.15, 0.2) is 0 Å². The van der Waals surface area contributed by atoms with Crippen LogP contribution in [-0.4, -0.2) is 31.7 Å². The molecule has 0 radical (unpaired) electrons. The van der Waals surface area contributed by atoms with Crippen molar-refractivity contribution in [2.45, 2.75) is 5.37 Å². The number of rotatable bonds is 5. The second kappa shape index (κ2) is 8.81. The minimum atomic E-state index is -0.460.